The first-order valence-corrected chi connectivity index (χ1v) is 7.41. The summed E-state index contributed by atoms with van der Waals surface area (Å²) in [5.74, 6) is 1.23. The van der Waals surface area contributed by atoms with Gasteiger partial charge in [0.05, 0.1) is 12.2 Å². The van der Waals surface area contributed by atoms with Gasteiger partial charge in [0.1, 0.15) is 12.4 Å². The molecule has 1 fully saturated rings. The van der Waals surface area contributed by atoms with Crippen molar-refractivity contribution in [1.82, 2.24) is 10.2 Å². The Morgan fingerprint density at radius 1 is 1.38 bits per heavy atom. The molecule has 0 radical (unpaired) electrons. The number of para-hydroxylation sites is 1. The Morgan fingerprint density at radius 3 is 2.95 bits per heavy atom. The third kappa shape index (κ3) is 4.19. The van der Waals surface area contributed by atoms with Gasteiger partial charge in [-0.1, -0.05) is 12.1 Å². The quantitative estimate of drug-likeness (QED) is 0.772. The molecule has 21 heavy (non-hydrogen) atoms. The fraction of sp³-hybridized carbons (Fsp3) is 0.562. The molecule has 1 saturated heterocycles. The summed E-state index contributed by atoms with van der Waals surface area (Å²) in [4.78, 5) is 14.6. The molecule has 116 valence electrons. The number of nitrogens with one attached hydrogen (secondary N) is 1. The molecule has 1 aliphatic heterocycles. The average Bonchev–Trinajstić information content (AvgIpc) is 2.96. The van der Waals surface area contributed by atoms with Gasteiger partial charge in [0, 0.05) is 20.2 Å². The smallest absolute Gasteiger partial charge is 0.257 e. The van der Waals surface area contributed by atoms with Crippen LogP contribution < -0.4 is 10.1 Å². The lowest BCUT2D eigenvalue weighted by atomic mass is 10.1. The molecule has 0 aromatic heterocycles. The summed E-state index contributed by atoms with van der Waals surface area (Å²) in [6, 6.07) is 7.42. The second-order valence-electron chi connectivity index (χ2n) is 5.30. The number of hydrogen-bond donors (Lipinski definition) is 1. The number of rotatable bonds is 7. The van der Waals surface area contributed by atoms with E-state index >= 15 is 0 Å². The van der Waals surface area contributed by atoms with Crippen molar-refractivity contribution < 1.29 is 14.3 Å². The minimum Gasteiger partial charge on any atom is -0.490 e. The highest BCUT2D eigenvalue weighted by Gasteiger charge is 2.27. The average molecular weight is 292 g/mol. The fourth-order valence-electron chi connectivity index (χ4n) is 2.65. The van der Waals surface area contributed by atoms with E-state index in [9.17, 15) is 4.79 Å². The van der Waals surface area contributed by atoms with Crippen LogP contribution in [0.3, 0.4) is 0 Å². The van der Waals surface area contributed by atoms with E-state index in [4.69, 9.17) is 9.47 Å². The van der Waals surface area contributed by atoms with Gasteiger partial charge >= 0.3 is 0 Å². The Labute approximate surface area is 126 Å². The highest BCUT2D eigenvalue weighted by molar-refractivity contribution is 5.97. The lowest BCUT2D eigenvalue weighted by Gasteiger charge is -2.18. The molecule has 1 aromatic rings. The number of hydrogen-bond acceptors (Lipinski definition) is 4. The third-order valence-electron chi connectivity index (χ3n) is 3.73. The number of carbonyl (C=O) groups is 1. The highest BCUT2D eigenvalue weighted by Crippen LogP contribution is 2.23. The van der Waals surface area contributed by atoms with Crippen molar-refractivity contribution in [3.63, 3.8) is 0 Å². The van der Waals surface area contributed by atoms with Crippen molar-refractivity contribution in [2.75, 3.05) is 47.0 Å². The summed E-state index contributed by atoms with van der Waals surface area (Å²) in [5, 5.41) is 3.18. The van der Waals surface area contributed by atoms with Crippen molar-refractivity contribution in [3.8, 4) is 5.75 Å². The maximum atomic E-state index is 12.6. The Hall–Kier alpha value is -1.59. The predicted molar refractivity (Wildman–Crippen MR) is 81.8 cm³/mol. The van der Waals surface area contributed by atoms with Crippen molar-refractivity contribution >= 4 is 5.91 Å². The number of methoxy groups -OCH3 is 1. The first kappa shape index (κ1) is 15.8. The summed E-state index contributed by atoms with van der Waals surface area (Å²) < 4.78 is 10.6. The van der Waals surface area contributed by atoms with E-state index in [1.165, 1.54) is 0 Å². The van der Waals surface area contributed by atoms with Gasteiger partial charge in [0.15, 0.2) is 0 Å². The predicted octanol–water partition coefficient (Wildman–Crippen LogP) is 1.39. The van der Waals surface area contributed by atoms with Gasteiger partial charge in [-0.25, -0.2) is 0 Å². The van der Waals surface area contributed by atoms with Crippen LogP contribution in [0.25, 0.3) is 0 Å². The number of carbonyl (C=O) groups excluding carboxylic acids is 1. The van der Waals surface area contributed by atoms with E-state index in [1.807, 2.05) is 36.2 Å². The van der Waals surface area contributed by atoms with Crippen LogP contribution in [0.2, 0.25) is 0 Å². The van der Waals surface area contributed by atoms with Gasteiger partial charge in [-0.2, -0.15) is 0 Å². The van der Waals surface area contributed by atoms with Crippen LogP contribution in [-0.4, -0.2) is 57.8 Å². The van der Waals surface area contributed by atoms with Gasteiger partial charge in [-0.15, -0.1) is 0 Å². The second kappa shape index (κ2) is 8.00. The maximum Gasteiger partial charge on any atom is 0.257 e. The minimum absolute atomic E-state index is 0.0571. The van der Waals surface area contributed by atoms with Gasteiger partial charge in [0.2, 0.25) is 0 Å². The number of ether oxygens (including phenoxy) is 2. The molecular formula is C16H24N2O3. The van der Waals surface area contributed by atoms with E-state index in [-0.39, 0.29) is 5.91 Å². The number of benzene rings is 1. The molecule has 1 aliphatic rings. The maximum absolute atomic E-state index is 12.6. The molecule has 1 amide bonds. The molecule has 1 heterocycles. The Bertz CT molecular complexity index is 465. The Balaban J connectivity index is 2.02. The molecule has 0 saturated carbocycles. The van der Waals surface area contributed by atoms with Crippen LogP contribution in [0.15, 0.2) is 24.3 Å². The first-order chi connectivity index (χ1) is 10.3. The van der Waals surface area contributed by atoms with E-state index in [2.05, 4.69) is 5.32 Å². The van der Waals surface area contributed by atoms with Gasteiger partial charge in [0.25, 0.3) is 5.91 Å². The molecular weight excluding hydrogens is 268 g/mol. The second-order valence-corrected chi connectivity index (χ2v) is 5.30. The zero-order valence-electron chi connectivity index (χ0n) is 12.8. The minimum atomic E-state index is 0.0571. The molecule has 1 atom stereocenters. The topological polar surface area (TPSA) is 50.8 Å². The summed E-state index contributed by atoms with van der Waals surface area (Å²) in [5.41, 5.74) is 0.638. The van der Waals surface area contributed by atoms with Crippen LogP contribution in [-0.2, 0) is 4.74 Å². The molecule has 2 rings (SSSR count). The lowest BCUT2D eigenvalue weighted by Crippen LogP contribution is -2.30. The molecule has 0 aliphatic carbocycles. The molecule has 5 heteroatoms. The van der Waals surface area contributed by atoms with Gasteiger partial charge in [-0.3, -0.25) is 4.79 Å². The summed E-state index contributed by atoms with van der Waals surface area (Å²) in [7, 11) is 3.58. The Morgan fingerprint density at radius 2 is 2.19 bits per heavy atom. The highest BCUT2D eigenvalue weighted by atomic mass is 16.5. The number of nitrogens with zero attached hydrogens (tertiary/aromatic N) is 1. The summed E-state index contributed by atoms with van der Waals surface area (Å²) >= 11 is 0. The van der Waals surface area contributed by atoms with Gasteiger partial charge < -0.3 is 19.7 Å². The third-order valence-corrected chi connectivity index (χ3v) is 3.73. The zero-order valence-corrected chi connectivity index (χ0v) is 12.8. The molecule has 1 N–H and O–H groups in total. The largest absolute Gasteiger partial charge is 0.490 e. The molecule has 1 unspecified atom stereocenters. The first-order valence-electron chi connectivity index (χ1n) is 7.41. The lowest BCUT2D eigenvalue weighted by molar-refractivity contribution is 0.0780. The normalized spacial score (nSPS) is 18.0. The van der Waals surface area contributed by atoms with Crippen LogP contribution in [0.5, 0.6) is 5.75 Å². The van der Waals surface area contributed by atoms with E-state index in [1.54, 1.807) is 7.11 Å². The summed E-state index contributed by atoms with van der Waals surface area (Å²) in [6.45, 7) is 3.54. The molecule has 1 aromatic carbocycles. The van der Waals surface area contributed by atoms with Crippen molar-refractivity contribution in [1.29, 1.82) is 0 Å². The SMILES string of the molecule is CNCC1CCN(C(=O)c2ccccc2OCCOC)C1. The van der Waals surface area contributed by atoms with Gasteiger partial charge in [-0.05, 0) is 38.1 Å². The Kier molecular flexibility index (Phi) is 6.02. The van der Waals surface area contributed by atoms with Crippen LogP contribution in [0.1, 0.15) is 16.8 Å². The van der Waals surface area contributed by atoms with Crippen molar-refractivity contribution in [2.24, 2.45) is 5.92 Å². The number of likely N-dealkylation sites (tertiary alicyclic amines) is 1. The molecule has 0 bridgehead atoms. The van der Waals surface area contributed by atoms with Crippen LogP contribution in [0.4, 0.5) is 0 Å². The monoisotopic (exact) mass is 292 g/mol. The fourth-order valence-corrected chi connectivity index (χ4v) is 2.65. The standard InChI is InChI=1S/C16H24N2O3/c1-17-11-13-7-8-18(12-13)16(19)14-5-3-4-6-15(14)21-10-9-20-2/h3-6,13,17H,7-12H2,1-2H3. The number of amides is 1. The van der Waals surface area contributed by atoms with E-state index in [0.717, 1.165) is 26.1 Å². The van der Waals surface area contributed by atoms with E-state index in [0.29, 0.717) is 30.4 Å². The summed E-state index contributed by atoms with van der Waals surface area (Å²) in [6.07, 6.45) is 1.05. The zero-order chi connectivity index (χ0) is 15.1. The van der Waals surface area contributed by atoms with Crippen LogP contribution >= 0.6 is 0 Å². The molecule has 5 nitrogen and oxygen atoms in total. The van der Waals surface area contributed by atoms with E-state index < -0.39 is 0 Å². The van der Waals surface area contributed by atoms with Crippen molar-refractivity contribution in [3.05, 3.63) is 29.8 Å². The van der Waals surface area contributed by atoms with Crippen molar-refractivity contribution in [2.45, 2.75) is 6.42 Å². The van der Waals surface area contributed by atoms with Crippen LogP contribution in [0, 0.1) is 5.92 Å². The molecule has 0 spiro atoms.